The van der Waals surface area contributed by atoms with Crippen LogP contribution in [0.3, 0.4) is 0 Å². The number of carbonyl (C=O) groups is 1. The minimum atomic E-state index is -0.449. The average molecular weight is 316 g/mol. The molecule has 2 heterocycles. The van der Waals surface area contributed by atoms with Crippen LogP contribution in [0.15, 0.2) is 30.3 Å². The maximum atomic E-state index is 13.0. The second kappa shape index (κ2) is 6.24. The van der Waals surface area contributed by atoms with E-state index in [0.717, 1.165) is 16.8 Å². The number of pyridine rings is 1. The number of ether oxygens (including phenoxy) is 2. The van der Waals surface area contributed by atoms with E-state index in [4.69, 9.17) is 9.47 Å². The van der Waals surface area contributed by atoms with Gasteiger partial charge in [0, 0.05) is 18.9 Å². The molecule has 23 heavy (non-hydrogen) atoms. The van der Waals surface area contributed by atoms with E-state index < -0.39 is 5.97 Å². The van der Waals surface area contributed by atoms with Gasteiger partial charge in [-0.2, -0.15) is 4.98 Å². The summed E-state index contributed by atoms with van der Waals surface area (Å²) >= 11 is 0. The van der Waals surface area contributed by atoms with Crippen molar-refractivity contribution in [3.8, 4) is 11.8 Å². The van der Waals surface area contributed by atoms with Gasteiger partial charge in [-0.05, 0) is 30.7 Å². The molecule has 0 amide bonds. The first-order chi connectivity index (χ1) is 11.0. The summed E-state index contributed by atoms with van der Waals surface area (Å²) in [5.74, 6) is -0.101. The predicted octanol–water partition coefficient (Wildman–Crippen LogP) is 2.93. The van der Waals surface area contributed by atoms with Crippen molar-refractivity contribution >= 4 is 11.7 Å². The number of nitrogens with one attached hydrogen (secondary N) is 1. The van der Waals surface area contributed by atoms with Crippen molar-refractivity contribution in [3.05, 3.63) is 47.3 Å². The molecule has 0 aliphatic carbocycles. The molecule has 0 radical (unpaired) electrons. The van der Waals surface area contributed by atoms with Crippen molar-refractivity contribution < 1.29 is 18.7 Å². The Hall–Kier alpha value is -2.63. The Kier molecular flexibility index (Phi) is 4.14. The molecular weight excluding hydrogens is 299 g/mol. The van der Waals surface area contributed by atoms with Crippen LogP contribution in [0.2, 0.25) is 0 Å². The molecule has 1 aliphatic heterocycles. The van der Waals surface area contributed by atoms with E-state index in [0.29, 0.717) is 18.9 Å². The topological polar surface area (TPSA) is 60.5 Å². The highest BCUT2D eigenvalue weighted by Gasteiger charge is 2.21. The monoisotopic (exact) mass is 316 g/mol. The Morgan fingerprint density at radius 3 is 2.87 bits per heavy atom. The fraction of sp³-hybridized carbons (Fsp3) is 0.294. The van der Waals surface area contributed by atoms with Crippen LogP contribution >= 0.6 is 0 Å². The number of fused-ring (bicyclic) bond motifs is 1. The molecule has 0 fully saturated rings. The molecule has 1 aliphatic rings. The summed E-state index contributed by atoms with van der Waals surface area (Å²) in [7, 11) is 0. The lowest BCUT2D eigenvalue weighted by Gasteiger charge is -2.25. The minimum absolute atomic E-state index is 0.169. The maximum absolute atomic E-state index is 13.0. The summed E-state index contributed by atoms with van der Waals surface area (Å²) < 4.78 is 23.8. The summed E-state index contributed by atoms with van der Waals surface area (Å²) in [5, 5.41) is 3.29. The summed E-state index contributed by atoms with van der Waals surface area (Å²) in [4.78, 5) is 15.6. The number of esters is 1. The van der Waals surface area contributed by atoms with Crippen molar-refractivity contribution in [2.75, 3.05) is 11.9 Å². The van der Waals surface area contributed by atoms with Gasteiger partial charge in [0.2, 0.25) is 11.8 Å². The number of hydrogen-bond acceptors (Lipinski definition) is 5. The van der Waals surface area contributed by atoms with Gasteiger partial charge in [0.05, 0.1) is 11.7 Å². The third kappa shape index (κ3) is 3.59. The van der Waals surface area contributed by atoms with Crippen LogP contribution in [0.4, 0.5) is 10.1 Å². The number of halogens is 1. The molecule has 120 valence electrons. The third-order valence-electron chi connectivity index (χ3n) is 3.45. The van der Waals surface area contributed by atoms with Gasteiger partial charge in [-0.3, -0.25) is 4.79 Å². The average Bonchev–Trinajstić information content (AvgIpc) is 2.50. The van der Waals surface area contributed by atoms with E-state index in [1.807, 2.05) is 13.0 Å². The van der Waals surface area contributed by atoms with Gasteiger partial charge in [0.25, 0.3) is 0 Å². The van der Waals surface area contributed by atoms with Gasteiger partial charge in [-0.25, -0.2) is 4.39 Å². The Morgan fingerprint density at radius 1 is 1.43 bits per heavy atom. The summed E-state index contributed by atoms with van der Waals surface area (Å²) in [6.45, 7) is 3.82. The number of carbonyl (C=O) groups excluding carboxylic acids is 1. The molecular formula is C17H17FN2O3. The SMILES string of the molecule is CC(=O)Oc1nc2c(cc1Cc1ccc(F)cc1)N[C@@H](C)CO2. The first-order valence-electron chi connectivity index (χ1n) is 7.37. The maximum Gasteiger partial charge on any atom is 0.309 e. The van der Waals surface area contributed by atoms with E-state index in [2.05, 4.69) is 10.3 Å². The zero-order chi connectivity index (χ0) is 16.4. The summed E-state index contributed by atoms with van der Waals surface area (Å²) in [5.41, 5.74) is 2.39. The molecule has 0 spiro atoms. The van der Waals surface area contributed by atoms with Crippen molar-refractivity contribution in [1.29, 1.82) is 0 Å². The standard InChI is InChI=1S/C17H17FN2O3/c1-10-9-22-17-15(19-10)8-13(16(20-17)23-11(2)21)7-12-3-5-14(18)6-4-12/h3-6,8,10,19H,7,9H2,1-2H3/t10-/m0/s1. The summed E-state index contributed by atoms with van der Waals surface area (Å²) in [6, 6.07) is 8.21. The normalized spacial score (nSPS) is 16.0. The number of benzene rings is 1. The van der Waals surface area contributed by atoms with Crippen LogP contribution in [0.1, 0.15) is 25.0 Å². The van der Waals surface area contributed by atoms with Crippen molar-refractivity contribution in [2.24, 2.45) is 0 Å². The Labute approximate surface area is 133 Å². The van der Waals surface area contributed by atoms with Gasteiger partial charge >= 0.3 is 5.97 Å². The molecule has 6 heteroatoms. The lowest BCUT2D eigenvalue weighted by Crippen LogP contribution is -2.29. The molecule has 0 saturated carbocycles. The molecule has 0 unspecified atom stereocenters. The van der Waals surface area contributed by atoms with Crippen LogP contribution in [-0.2, 0) is 11.2 Å². The Bertz CT molecular complexity index is 731. The number of hydrogen-bond donors (Lipinski definition) is 1. The van der Waals surface area contributed by atoms with E-state index >= 15 is 0 Å². The molecule has 3 rings (SSSR count). The van der Waals surface area contributed by atoms with Crippen LogP contribution < -0.4 is 14.8 Å². The smallest absolute Gasteiger partial charge is 0.309 e. The highest BCUT2D eigenvalue weighted by Crippen LogP contribution is 2.33. The van der Waals surface area contributed by atoms with Gasteiger partial charge in [0.1, 0.15) is 12.4 Å². The lowest BCUT2D eigenvalue weighted by atomic mass is 10.1. The van der Waals surface area contributed by atoms with Crippen LogP contribution in [0, 0.1) is 5.82 Å². The van der Waals surface area contributed by atoms with Gasteiger partial charge in [-0.15, -0.1) is 0 Å². The zero-order valence-electron chi connectivity index (χ0n) is 12.9. The first-order valence-corrected chi connectivity index (χ1v) is 7.37. The van der Waals surface area contributed by atoms with Crippen molar-refractivity contribution in [3.63, 3.8) is 0 Å². The van der Waals surface area contributed by atoms with E-state index in [-0.39, 0.29) is 17.7 Å². The molecule has 1 aromatic heterocycles. The number of anilines is 1. The second-order valence-electron chi connectivity index (χ2n) is 5.56. The summed E-state index contributed by atoms with van der Waals surface area (Å²) in [6.07, 6.45) is 0.471. The molecule has 1 N–H and O–H groups in total. The van der Waals surface area contributed by atoms with Crippen LogP contribution in [0.5, 0.6) is 11.8 Å². The Morgan fingerprint density at radius 2 is 2.17 bits per heavy atom. The number of aromatic nitrogens is 1. The van der Waals surface area contributed by atoms with Crippen LogP contribution in [-0.4, -0.2) is 23.6 Å². The minimum Gasteiger partial charge on any atom is -0.474 e. The predicted molar refractivity (Wildman–Crippen MR) is 83.3 cm³/mol. The van der Waals surface area contributed by atoms with Gasteiger partial charge in [-0.1, -0.05) is 12.1 Å². The fourth-order valence-corrected chi connectivity index (χ4v) is 2.42. The van der Waals surface area contributed by atoms with Crippen LogP contribution in [0.25, 0.3) is 0 Å². The molecule has 1 aromatic carbocycles. The van der Waals surface area contributed by atoms with Crippen molar-refractivity contribution in [1.82, 2.24) is 4.98 Å². The van der Waals surface area contributed by atoms with Gasteiger partial charge in [0.15, 0.2) is 0 Å². The first kappa shape index (κ1) is 15.3. The zero-order valence-corrected chi connectivity index (χ0v) is 12.9. The number of nitrogens with zero attached hydrogens (tertiary/aromatic N) is 1. The van der Waals surface area contributed by atoms with Crippen molar-refractivity contribution in [2.45, 2.75) is 26.3 Å². The lowest BCUT2D eigenvalue weighted by molar-refractivity contribution is -0.132. The largest absolute Gasteiger partial charge is 0.474 e. The van der Waals surface area contributed by atoms with E-state index in [1.54, 1.807) is 12.1 Å². The third-order valence-corrected chi connectivity index (χ3v) is 3.45. The number of rotatable bonds is 3. The molecule has 0 bridgehead atoms. The highest BCUT2D eigenvalue weighted by atomic mass is 19.1. The quantitative estimate of drug-likeness (QED) is 0.882. The second-order valence-corrected chi connectivity index (χ2v) is 5.56. The molecule has 0 saturated heterocycles. The van der Waals surface area contributed by atoms with E-state index in [9.17, 15) is 9.18 Å². The highest BCUT2D eigenvalue weighted by molar-refractivity contribution is 5.70. The Balaban J connectivity index is 1.96. The van der Waals surface area contributed by atoms with Gasteiger partial charge < -0.3 is 14.8 Å². The molecule has 1 atom stereocenters. The van der Waals surface area contributed by atoms with E-state index in [1.165, 1.54) is 19.1 Å². The molecule has 5 nitrogen and oxygen atoms in total. The molecule has 2 aromatic rings. The fourth-order valence-electron chi connectivity index (χ4n) is 2.42.